The van der Waals surface area contributed by atoms with Crippen LogP contribution in [0.4, 0.5) is 23.2 Å². The second-order valence-corrected chi connectivity index (χ2v) is 7.48. The van der Waals surface area contributed by atoms with Crippen LogP contribution in [-0.4, -0.2) is 36.5 Å². The quantitative estimate of drug-likeness (QED) is 0.209. The number of alkyl halides is 4. The number of rotatable bonds is 8. The lowest BCUT2D eigenvalue weighted by atomic mass is 10.1. The first-order valence-electron chi connectivity index (χ1n) is 8.61. The molecule has 152 valence electrons. The van der Waals surface area contributed by atoms with Gasteiger partial charge in [-0.25, -0.2) is 13.8 Å². The smallest absolute Gasteiger partial charge is 0.357 e. The summed E-state index contributed by atoms with van der Waals surface area (Å²) in [6.45, 7) is 6.59. The Hall–Kier alpha value is -2.22. The predicted octanol–water partition coefficient (Wildman–Crippen LogP) is 6.66. The van der Waals surface area contributed by atoms with Gasteiger partial charge in [0.1, 0.15) is 11.5 Å². The molecular formula is C20H22F4N2OS. The Kier molecular flexibility index (Phi) is 7.35. The van der Waals surface area contributed by atoms with Gasteiger partial charge in [0.2, 0.25) is 0 Å². The third-order valence-electron chi connectivity index (χ3n) is 3.93. The number of halogens is 4. The first-order valence-corrected chi connectivity index (χ1v) is 9.42. The fourth-order valence-corrected chi connectivity index (χ4v) is 2.92. The highest BCUT2D eigenvalue weighted by atomic mass is 32.2. The fourth-order valence-electron chi connectivity index (χ4n) is 2.20. The summed E-state index contributed by atoms with van der Waals surface area (Å²) in [6.07, 6.45) is -2.00. The van der Waals surface area contributed by atoms with E-state index in [0.717, 1.165) is 23.4 Å². The summed E-state index contributed by atoms with van der Waals surface area (Å²) < 4.78 is 57.1. The van der Waals surface area contributed by atoms with Crippen LogP contribution in [-0.2, 0) is 0 Å². The van der Waals surface area contributed by atoms with Gasteiger partial charge in [0.05, 0.1) is 12.0 Å². The van der Waals surface area contributed by atoms with E-state index in [4.69, 9.17) is 4.74 Å². The van der Waals surface area contributed by atoms with Gasteiger partial charge in [-0.1, -0.05) is 6.07 Å². The molecule has 2 aromatic carbocycles. The molecule has 0 spiro atoms. The van der Waals surface area contributed by atoms with Crippen molar-refractivity contribution in [1.29, 1.82) is 0 Å². The second kappa shape index (κ2) is 9.32. The average molecular weight is 414 g/mol. The van der Waals surface area contributed by atoms with Crippen molar-refractivity contribution in [2.45, 2.75) is 37.3 Å². The molecule has 0 heterocycles. The van der Waals surface area contributed by atoms with E-state index in [2.05, 4.69) is 4.99 Å². The molecule has 0 saturated carbocycles. The van der Waals surface area contributed by atoms with Crippen molar-refractivity contribution in [3.63, 3.8) is 0 Å². The SMILES string of the molecule is CCN(C)/C=N/c1cc(C)c(Oc2cccc(SC(F)(F)C(F)F)c2)cc1C. The topological polar surface area (TPSA) is 24.8 Å². The monoisotopic (exact) mass is 414 g/mol. The van der Waals surface area contributed by atoms with Crippen LogP contribution in [0.5, 0.6) is 11.5 Å². The maximum Gasteiger partial charge on any atom is 0.357 e. The molecule has 3 nitrogen and oxygen atoms in total. The standard InChI is InChI=1S/C20H22F4N2OS/c1-5-26(4)12-25-17-9-14(3)18(10-13(17)2)27-15-7-6-8-16(11-15)28-20(23,24)19(21)22/h6-12,19H,5H2,1-4H3/b25-12+. The van der Waals surface area contributed by atoms with Crippen LogP contribution in [0.3, 0.4) is 0 Å². The zero-order valence-electron chi connectivity index (χ0n) is 16.0. The molecule has 28 heavy (non-hydrogen) atoms. The third kappa shape index (κ3) is 5.89. The van der Waals surface area contributed by atoms with Crippen molar-refractivity contribution in [2.75, 3.05) is 13.6 Å². The number of benzene rings is 2. The molecule has 0 fully saturated rings. The van der Waals surface area contributed by atoms with Crippen LogP contribution in [0.15, 0.2) is 46.3 Å². The zero-order valence-corrected chi connectivity index (χ0v) is 16.9. The van der Waals surface area contributed by atoms with Crippen molar-refractivity contribution in [3.8, 4) is 11.5 Å². The molecule has 0 radical (unpaired) electrons. The summed E-state index contributed by atoms with van der Waals surface area (Å²) in [6, 6.07) is 9.41. The van der Waals surface area contributed by atoms with E-state index in [1.165, 1.54) is 18.2 Å². The normalized spacial score (nSPS) is 12.0. The molecule has 0 aromatic heterocycles. The molecule has 0 bridgehead atoms. The van der Waals surface area contributed by atoms with Crippen molar-refractivity contribution in [2.24, 2.45) is 4.99 Å². The Morgan fingerprint density at radius 3 is 2.54 bits per heavy atom. The van der Waals surface area contributed by atoms with Crippen molar-refractivity contribution in [1.82, 2.24) is 4.90 Å². The van der Waals surface area contributed by atoms with Crippen LogP contribution in [0.25, 0.3) is 0 Å². The lowest BCUT2D eigenvalue weighted by Gasteiger charge is -2.16. The summed E-state index contributed by atoms with van der Waals surface area (Å²) >= 11 is -0.187. The van der Waals surface area contributed by atoms with Gasteiger partial charge in [-0.2, -0.15) is 8.78 Å². The molecule has 0 aliphatic carbocycles. The first kappa shape index (κ1) is 22.1. The van der Waals surface area contributed by atoms with E-state index in [1.54, 1.807) is 12.4 Å². The second-order valence-electron chi connectivity index (χ2n) is 6.26. The van der Waals surface area contributed by atoms with Crippen molar-refractivity contribution < 1.29 is 22.3 Å². The first-order chi connectivity index (χ1) is 13.1. The van der Waals surface area contributed by atoms with Gasteiger partial charge >= 0.3 is 11.7 Å². The van der Waals surface area contributed by atoms with E-state index >= 15 is 0 Å². The maximum atomic E-state index is 13.3. The third-order valence-corrected chi connectivity index (χ3v) is 4.87. The van der Waals surface area contributed by atoms with Gasteiger partial charge in [0.25, 0.3) is 0 Å². The van der Waals surface area contributed by atoms with Gasteiger partial charge in [-0.05, 0) is 74.0 Å². The molecule has 0 saturated heterocycles. The molecule has 0 unspecified atom stereocenters. The van der Waals surface area contributed by atoms with Gasteiger partial charge < -0.3 is 9.64 Å². The van der Waals surface area contributed by atoms with E-state index in [9.17, 15) is 17.6 Å². The van der Waals surface area contributed by atoms with Crippen LogP contribution >= 0.6 is 11.8 Å². The highest BCUT2D eigenvalue weighted by molar-refractivity contribution is 8.00. The van der Waals surface area contributed by atoms with Gasteiger partial charge in [-0.3, -0.25) is 0 Å². The summed E-state index contributed by atoms with van der Waals surface area (Å²) in [5.41, 5.74) is 2.50. The van der Waals surface area contributed by atoms with E-state index in [-0.39, 0.29) is 16.7 Å². The number of hydrogen-bond donors (Lipinski definition) is 0. The molecule has 0 amide bonds. The average Bonchev–Trinajstić information content (AvgIpc) is 2.62. The summed E-state index contributed by atoms with van der Waals surface area (Å²) in [7, 11) is 1.92. The van der Waals surface area contributed by atoms with Crippen LogP contribution in [0.1, 0.15) is 18.1 Å². The van der Waals surface area contributed by atoms with Crippen LogP contribution < -0.4 is 4.74 Å². The molecule has 0 atom stereocenters. The van der Waals surface area contributed by atoms with E-state index < -0.39 is 11.7 Å². The number of hydrogen-bond acceptors (Lipinski definition) is 3. The number of ether oxygens (including phenoxy) is 1. The minimum absolute atomic E-state index is 0.000924. The Labute approximate surface area is 166 Å². The van der Waals surface area contributed by atoms with E-state index in [0.29, 0.717) is 11.5 Å². The number of aliphatic imine (C=N–C) groups is 1. The number of thioether (sulfide) groups is 1. The van der Waals surface area contributed by atoms with E-state index in [1.807, 2.05) is 44.9 Å². The van der Waals surface area contributed by atoms with Crippen LogP contribution in [0.2, 0.25) is 0 Å². The Balaban J connectivity index is 2.21. The largest absolute Gasteiger partial charge is 0.457 e. The molecular weight excluding hydrogens is 392 g/mol. The lowest BCUT2D eigenvalue weighted by molar-refractivity contribution is -0.0563. The predicted molar refractivity (Wildman–Crippen MR) is 106 cm³/mol. The molecule has 0 N–H and O–H groups in total. The minimum atomic E-state index is -4.16. The minimum Gasteiger partial charge on any atom is -0.457 e. The Bertz CT molecular complexity index is 843. The molecule has 0 aliphatic rings. The number of nitrogens with zero attached hydrogens (tertiary/aromatic N) is 2. The maximum absolute atomic E-state index is 13.3. The Morgan fingerprint density at radius 2 is 1.89 bits per heavy atom. The highest BCUT2D eigenvalue weighted by Crippen LogP contribution is 2.41. The summed E-state index contributed by atoms with van der Waals surface area (Å²) in [5, 5.41) is -4.16. The highest BCUT2D eigenvalue weighted by Gasteiger charge is 2.42. The molecule has 8 heteroatoms. The molecule has 2 rings (SSSR count). The van der Waals surface area contributed by atoms with Crippen molar-refractivity contribution >= 4 is 23.8 Å². The van der Waals surface area contributed by atoms with Gasteiger partial charge in [0, 0.05) is 18.5 Å². The lowest BCUT2D eigenvalue weighted by Crippen LogP contribution is -2.21. The Morgan fingerprint density at radius 1 is 1.18 bits per heavy atom. The molecule has 2 aromatic rings. The van der Waals surface area contributed by atoms with Crippen LogP contribution in [0, 0.1) is 13.8 Å². The van der Waals surface area contributed by atoms with Gasteiger partial charge in [0.15, 0.2) is 0 Å². The zero-order chi connectivity index (χ0) is 20.9. The van der Waals surface area contributed by atoms with Crippen molar-refractivity contribution in [3.05, 3.63) is 47.5 Å². The molecule has 0 aliphatic heterocycles. The summed E-state index contributed by atoms with van der Waals surface area (Å²) in [4.78, 5) is 6.39. The summed E-state index contributed by atoms with van der Waals surface area (Å²) in [5.74, 6) is 0.836. The number of aryl methyl sites for hydroxylation is 2. The van der Waals surface area contributed by atoms with Gasteiger partial charge in [-0.15, -0.1) is 0 Å². The fraction of sp³-hybridized carbons (Fsp3) is 0.350.